The first kappa shape index (κ1) is 17.6. The molecule has 4 rings (SSSR count). The highest BCUT2D eigenvalue weighted by molar-refractivity contribution is 5.76. The molecule has 1 saturated heterocycles. The standard InChI is InChI=1S/C18H23N5O4/c1-12-19-22(10-17(24)21(3)14-6-7-20(2)9-14)18(25)23(12)13-4-5-15-16(8-13)27-11-26-15/h4-5,8,14H,6-7,9-11H2,1-3H3/t14-/m1/s1. The van der Waals surface area contributed by atoms with Gasteiger partial charge in [-0.25, -0.2) is 14.0 Å². The van der Waals surface area contributed by atoms with Crippen molar-refractivity contribution in [3.8, 4) is 17.2 Å². The Morgan fingerprint density at radius 1 is 1.33 bits per heavy atom. The van der Waals surface area contributed by atoms with E-state index in [2.05, 4.69) is 10.00 Å². The Labute approximate surface area is 156 Å². The highest BCUT2D eigenvalue weighted by atomic mass is 16.7. The number of likely N-dealkylation sites (tertiary alicyclic amines) is 1. The van der Waals surface area contributed by atoms with Gasteiger partial charge < -0.3 is 19.3 Å². The number of amides is 1. The van der Waals surface area contributed by atoms with Crippen LogP contribution in [0.2, 0.25) is 0 Å². The molecule has 1 aromatic carbocycles. The molecule has 0 spiro atoms. The molecule has 0 N–H and O–H groups in total. The van der Waals surface area contributed by atoms with Crippen molar-refractivity contribution in [3.05, 3.63) is 34.5 Å². The molecule has 144 valence electrons. The van der Waals surface area contributed by atoms with E-state index < -0.39 is 0 Å². The lowest BCUT2D eigenvalue weighted by Gasteiger charge is -2.24. The van der Waals surface area contributed by atoms with Gasteiger partial charge >= 0.3 is 5.69 Å². The molecule has 0 aliphatic carbocycles. The molecule has 3 heterocycles. The predicted molar refractivity (Wildman–Crippen MR) is 97.4 cm³/mol. The molecule has 0 saturated carbocycles. The van der Waals surface area contributed by atoms with Crippen LogP contribution in [-0.2, 0) is 11.3 Å². The van der Waals surface area contributed by atoms with E-state index in [4.69, 9.17) is 9.47 Å². The fourth-order valence-electron chi connectivity index (χ4n) is 3.61. The number of hydrogen-bond acceptors (Lipinski definition) is 6. The summed E-state index contributed by atoms with van der Waals surface area (Å²) in [5, 5.41) is 4.28. The van der Waals surface area contributed by atoms with E-state index in [1.165, 1.54) is 9.25 Å². The number of hydrogen-bond donors (Lipinski definition) is 0. The number of benzene rings is 1. The monoisotopic (exact) mass is 373 g/mol. The van der Waals surface area contributed by atoms with Crippen LogP contribution in [0, 0.1) is 6.92 Å². The van der Waals surface area contributed by atoms with E-state index in [0.717, 1.165) is 19.5 Å². The SMILES string of the molecule is Cc1nn(CC(=O)N(C)[C@@H]2CCN(C)C2)c(=O)n1-c1ccc2c(c1)OCO2. The van der Waals surface area contributed by atoms with E-state index in [0.29, 0.717) is 23.0 Å². The first-order valence-corrected chi connectivity index (χ1v) is 8.94. The molecule has 0 radical (unpaired) electrons. The summed E-state index contributed by atoms with van der Waals surface area (Å²) in [4.78, 5) is 29.4. The van der Waals surface area contributed by atoms with Crippen LogP contribution in [-0.4, -0.2) is 70.1 Å². The Morgan fingerprint density at radius 2 is 2.11 bits per heavy atom. The quantitative estimate of drug-likeness (QED) is 0.763. The fraction of sp³-hybridized carbons (Fsp3) is 0.500. The van der Waals surface area contributed by atoms with Gasteiger partial charge in [-0.2, -0.15) is 5.10 Å². The van der Waals surface area contributed by atoms with Gasteiger partial charge in [-0.15, -0.1) is 0 Å². The third kappa shape index (κ3) is 3.18. The van der Waals surface area contributed by atoms with Gasteiger partial charge in [0.25, 0.3) is 0 Å². The Morgan fingerprint density at radius 3 is 2.85 bits per heavy atom. The molecule has 2 aromatic rings. The summed E-state index contributed by atoms with van der Waals surface area (Å²) in [6.45, 7) is 3.65. The van der Waals surface area contributed by atoms with E-state index in [1.54, 1.807) is 37.1 Å². The summed E-state index contributed by atoms with van der Waals surface area (Å²) < 4.78 is 13.4. The Balaban J connectivity index is 1.56. The summed E-state index contributed by atoms with van der Waals surface area (Å²) in [6, 6.07) is 5.45. The average molecular weight is 373 g/mol. The van der Waals surface area contributed by atoms with Crippen LogP contribution in [0.15, 0.2) is 23.0 Å². The normalized spacial score (nSPS) is 18.9. The van der Waals surface area contributed by atoms with Crippen LogP contribution < -0.4 is 15.2 Å². The Kier molecular flexibility index (Phi) is 4.39. The number of nitrogens with zero attached hydrogens (tertiary/aromatic N) is 5. The first-order chi connectivity index (χ1) is 12.9. The van der Waals surface area contributed by atoms with Gasteiger partial charge in [-0.3, -0.25) is 4.79 Å². The number of fused-ring (bicyclic) bond motifs is 1. The highest BCUT2D eigenvalue weighted by Crippen LogP contribution is 2.33. The molecule has 2 aliphatic rings. The summed E-state index contributed by atoms with van der Waals surface area (Å²) in [5.41, 5.74) is 0.280. The lowest BCUT2D eigenvalue weighted by atomic mass is 10.2. The van der Waals surface area contributed by atoms with Gasteiger partial charge in [-0.05, 0) is 39.1 Å². The molecule has 1 aromatic heterocycles. The Hall–Kier alpha value is -2.81. The molecule has 0 bridgehead atoms. The van der Waals surface area contributed by atoms with Crippen molar-refractivity contribution >= 4 is 5.91 Å². The van der Waals surface area contributed by atoms with Gasteiger partial charge in [0.15, 0.2) is 11.5 Å². The molecule has 9 nitrogen and oxygen atoms in total. The smallest absolute Gasteiger partial charge is 0.351 e. The maximum atomic E-state index is 12.8. The predicted octanol–water partition coefficient (Wildman–Crippen LogP) is 0.234. The van der Waals surface area contributed by atoms with Crippen LogP contribution in [0.4, 0.5) is 0 Å². The van der Waals surface area contributed by atoms with Crippen molar-refractivity contribution < 1.29 is 14.3 Å². The zero-order chi connectivity index (χ0) is 19.1. The van der Waals surface area contributed by atoms with Crippen LogP contribution in [0.3, 0.4) is 0 Å². The number of carbonyl (C=O) groups is 1. The second-order valence-electron chi connectivity index (χ2n) is 7.07. The molecule has 9 heteroatoms. The van der Waals surface area contributed by atoms with Crippen molar-refractivity contribution in [3.63, 3.8) is 0 Å². The lowest BCUT2D eigenvalue weighted by molar-refractivity contribution is -0.132. The van der Waals surface area contributed by atoms with E-state index in [1.807, 2.05) is 7.05 Å². The summed E-state index contributed by atoms with van der Waals surface area (Å²) in [6.07, 6.45) is 0.943. The van der Waals surface area contributed by atoms with Crippen molar-refractivity contribution in [2.24, 2.45) is 0 Å². The minimum Gasteiger partial charge on any atom is -0.454 e. The van der Waals surface area contributed by atoms with Crippen molar-refractivity contribution in [2.75, 3.05) is 34.0 Å². The number of aryl methyl sites for hydroxylation is 1. The van der Waals surface area contributed by atoms with Crippen molar-refractivity contribution in [1.82, 2.24) is 24.1 Å². The maximum absolute atomic E-state index is 12.8. The Bertz CT molecular complexity index is 934. The molecule has 1 atom stereocenters. The number of rotatable bonds is 4. The third-order valence-corrected chi connectivity index (χ3v) is 5.21. The van der Waals surface area contributed by atoms with E-state index in [9.17, 15) is 9.59 Å². The second kappa shape index (κ2) is 6.73. The fourth-order valence-corrected chi connectivity index (χ4v) is 3.61. The van der Waals surface area contributed by atoms with E-state index in [-0.39, 0.29) is 31.0 Å². The molecule has 2 aliphatic heterocycles. The summed E-state index contributed by atoms with van der Waals surface area (Å²) in [7, 11) is 3.83. The van der Waals surface area contributed by atoms with Crippen molar-refractivity contribution in [2.45, 2.75) is 25.9 Å². The van der Waals surface area contributed by atoms with Crippen LogP contribution in [0.1, 0.15) is 12.2 Å². The van der Waals surface area contributed by atoms with Gasteiger partial charge in [0, 0.05) is 25.7 Å². The van der Waals surface area contributed by atoms with Gasteiger partial charge in [-0.1, -0.05) is 0 Å². The van der Waals surface area contributed by atoms with Crippen LogP contribution in [0.5, 0.6) is 11.5 Å². The zero-order valence-electron chi connectivity index (χ0n) is 15.7. The minimum atomic E-state index is -0.350. The first-order valence-electron chi connectivity index (χ1n) is 8.94. The zero-order valence-corrected chi connectivity index (χ0v) is 15.7. The van der Waals surface area contributed by atoms with Gasteiger partial charge in [0.05, 0.1) is 5.69 Å². The highest BCUT2D eigenvalue weighted by Gasteiger charge is 2.27. The van der Waals surface area contributed by atoms with Crippen LogP contribution in [0.25, 0.3) is 5.69 Å². The van der Waals surface area contributed by atoms with E-state index >= 15 is 0 Å². The maximum Gasteiger partial charge on any atom is 0.351 e. The minimum absolute atomic E-state index is 0.0755. The summed E-state index contributed by atoms with van der Waals surface area (Å²) in [5.74, 6) is 1.63. The molecular weight excluding hydrogens is 350 g/mol. The number of likely N-dealkylation sites (N-methyl/N-ethyl adjacent to an activating group) is 2. The molecule has 1 fully saturated rings. The van der Waals surface area contributed by atoms with Crippen LogP contribution >= 0.6 is 0 Å². The number of ether oxygens (including phenoxy) is 2. The number of aromatic nitrogens is 3. The lowest BCUT2D eigenvalue weighted by Crippen LogP contribution is -2.42. The topological polar surface area (TPSA) is 81.8 Å². The molecule has 27 heavy (non-hydrogen) atoms. The molecule has 1 amide bonds. The average Bonchev–Trinajstić information content (AvgIpc) is 3.34. The van der Waals surface area contributed by atoms with Crippen molar-refractivity contribution in [1.29, 1.82) is 0 Å². The van der Waals surface area contributed by atoms with Gasteiger partial charge in [0.2, 0.25) is 12.7 Å². The molecule has 0 unspecified atom stereocenters. The second-order valence-corrected chi connectivity index (χ2v) is 7.07. The molecular formula is C18H23N5O4. The summed E-state index contributed by atoms with van der Waals surface area (Å²) >= 11 is 0. The van der Waals surface area contributed by atoms with Gasteiger partial charge in [0.1, 0.15) is 12.4 Å². The largest absolute Gasteiger partial charge is 0.454 e. The third-order valence-electron chi connectivity index (χ3n) is 5.21. The number of carbonyl (C=O) groups excluding carboxylic acids is 1.